The molecule has 1 amide bonds. The van der Waals surface area contributed by atoms with E-state index in [0.717, 1.165) is 5.56 Å². The lowest BCUT2D eigenvalue weighted by atomic mass is 10.1. The zero-order valence-corrected chi connectivity index (χ0v) is 13.2. The van der Waals surface area contributed by atoms with E-state index in [1.807, 2.05) is 0 Å². The summed E-state index contributed by atoms with van der Waals surface area (Å²) in [5, 5.41) is 0. The Hall–Kier alpha value is -3.02. The number of nitrogens with zero attached hydrogens (tertiary/aromatic N) is 2. The van der Waals surface area contributed by atoms with Crippen molar-refractivity contribution in [1.29, 1.82) is 0 Å². The van der Waals surface area contributed by atoms with Gasteiger partial charge in [-0.15, -0.1) is 0 Å². The summed E-state index contributed by atoms with van der Waals surface area (Å²) < 4.78 is 18.8. The van der Waals surface area contributed by atoms with E-state index in [0.29, 0.717) is 16.8 Å². The van der Waals surface area contributed by atoms with Crippen LogP contribution in [0.1, 0.15) is 31.8 Å². The molecule has 0 saturated carbocycles. The summed E-state index contributed by atoms with van der Waals surface area (Å²) in [6.45, 7) is 0.190. The van der Waals surface area contributed by atoms with Crippen LogP contribution in [0.3, 0.4) is 0 Å². The van der Waals surface area contributed by atoms with Crippen LogP contribution in [0.5, 0.6) is 0 Å². The average molecular weight is 326 g/mol. The maximum absolute atomic E-state index is 13.8. The SMILES string of the molecule is CN(C)C(=O)c1cc(/C=N/c2cccc3c2COC3=O)ccc1F. The third-order valence-electron chi connectivity index (χ3n) is 3.70. The first-order valence-corrected chi connectivity index (χ1v) is 7.31. The van der Waals surface area contributed by atoms with Crippen molar-refractivity contribution in [3.05, 3.63) is 64.5 Å². The molecule has 0 atom stereocenters. The molecule has 0 bridgehead atoms. The Balaban J connectivity index is 1.93. The number of hydrogen-bond acceptors (Lipinski definition) is 4. The minimum Gasteiger partial charge on any atom is -0.457 e. The Kier molecular flexibility index (Phi) is 4.12. The van der Waals surface area contributed by atoms with E-state index in [-0.39, 0.29) is 18.1 Å². The van der Waals surface area contributed by atoms with Crippen LogP contribution in [0.4, 0.5) is 10.1 Å². The minimum atomic E-state index is -0.578. The number of hydrogen-bond donors (Lipinski definition) is 0. The van der Waals surface area contributed by atoms with Crippen LogP contribution >= 0.6 is 0 Å². The number of fused-ring (bicyclic) bond motifs is 1. The highest BCUT2D eigenvalue weighted by Gasteiger charge is 2.23. The van der Waals surface area contributed by atoms with Gasteiger partial charge in [0.2, 0.25) is 0 Å². The number of benzene rings is 2. The summed E-state index contributed by atoms with van der Waals surface area (Å²) in [5.74, 6) is -1.35. The van der Waals surface area contributed by atoms with Gasteiger partial charge < -0.3 is 9.64 Å². The molecule has 0 aromatic heterocycles. The van der Waals surface area contributed by atoms with E-state index in [1.54, 1.807) is 32.3 Å². The Morgan fingerprint density at radius 1 is 1.29 bits per heavy atom. The predicted molar refractivity (Wildman–Crippen MR) is 87.2 cm³/mol. The lowest BCUT2D eigenvalue weighted by molar-refractivity contribution is 0.0535. The normalized spacial score (nSPS) is 13.0. The Morgan fingerprint density at radius 2 is 2.08 bits per heavy atom. The number of cyclic esters (lactones) is 1. The number of halogens is 1. The molecule has 24 heavy (non-hydrogen) atoms. The first-order valence-electron chi connectivity index (χ1n) is 7.31. The molecule has 1 aliphatic heterocycles. The lowest BCUT2D eigenvalue weighted by Gasteiger charge is -2.11. The Bertz CT molecular complexity index is 859. The fourth-order valence-electron chi connectivity index (χ4n) is 2.43. The van der Waals surface area contributed by atoms with Crippen LogP contribution in [0.25, 0.3) is 0 Å². The second-order valence-corrected chi connectivity index (χ2v) is 5.58. The molecule has 3 rings (SSSR count). The van der Waals surface area contributed by atoms with Gasteiger partial charge in [-0.3, -0.25) is 9.79 Å². The first kappa shape index (κ1) is 15.9. The van der Waals surface area contributed by atoms with E-state index < -0.39 is 11.7 Å². The monoisotopic (exact) mass is 326 g/mol. The molecule has 0 unspecified atom stereocenters. The third kappa shape index (κ3) is 2.90. The molecular formula is C18H15FN2O3. The van der Waals surface area contributed by atoms with Gasteiger partial charge in [0, 0.05) is 25.9 Å². The standard InChI is InChI=1S/C18H15FN2O3/c1-21(2)17(22)13-8-11(6-7-15(13)19)9-20-16-5-3-4-12-14(16)10-24-18(12)23/h3-9H,10H2,1-2H3/b20-9+. The van der Waals surface area contributed by atoms with Crippen molar-refractivity contribution in [2.24, 2.45) is 4.99 Å². The highest BCUT2D eigenvalue weighted by Crippen LogP contribution is 2.29. The van der Waals surface area contributed by atoms with Gasteiger partial charge in [0.25, 0.3) is 5.91 Å². The van der Waals surface area contributed by atoms with Crippen LogP contribution in [-0.4, -0.2) is 37.1 Å². The van der Waals surface area contributed by atoms with Crippen molar-refractivity contribution in [2.75, 3.05) is 14.1 Å². The fourth-order valence-corrected chi connectivity index (χ4v) is 2.43. The number of rotatable bonds is 3. The van der Waals surface area contributed by atoms with E-state index in [9.17, 15) is 14.0 Å². The van der Waals surface area contributed by atoms with Crippen LogP contribution < -0.4 is 0 Å². The van der Waals surface area contributed by atoms with Crippen molar-refractivity contribution in [2.45, 2.75) is 6.61 Å². The maximum atomic E-state index is 13.8. The zero-order valence-electron chi connectivity index (χ0n) is 13.2. The summed E-state index contributed by atoms with van der Waals surface area (Å²) >= 11 is 0. The van der Waals surface area contributed by atoms with Gasteiger partial charge in [-0.1, -0.05) is 12.1 Å². The highest BCUT2D eigenvalue weighted by atomic mass is 19.1. The molecule has 2 aromatic rings. The van der Waals surface area contributed by atoms with Crippen molar-refractivity contribution in [3.63, 3.8) is 0 Å². The van der Waals surface area contributed by atoms with Gasteiger partial charge in [-0.05, 0) is 29.8 Å². The molecule has 6 heteroatoms. The van der Waals surface area contributed by atoms with Crippen LogP contribution in [-0.2, 0) is 11.3 Å². The van der Waals surface area contributed by atoms with Gasteiger partial charge in [0.05, 0.1) is 16.8 Å². The number of amides is 1. The molecule has 0 saturated heterocycles. The lowest BCUT2D eigenvalue weighted by Crippen LogP contribution is -2.22. The van der Waals surface area contributed by atoms with Crippen LogP contribution in [0.15, 0.2) is 41.4 Å². The van der Waals surface area contributed by atoms with Crippen molar-refractivity contribution < 1.29 is 18.7 Å². The van der Waals surface area contributed by atoms with E-state index in [4.69, 9.17) is 4.74 Å². The molecular weight excluding hydrogens is 311 g/mol. The number of esters is 1. The van der Waals surface area contributed by atoms with E-state index in [1.165, 1.54) is 29.3 Å². The van der Waals surface area contributed by atoms with Crippen LogP contribution in [0.2, 0.25) is 0 Å². The van der Waals surface area contributed by atoms with Crippen molar-refractivity contribution >= 4 is 23.8 Å². The Morgan fingerprint density at radius 3 is 2.83 bits per heavy atom. The summed E-state index contributed by atoms with van der Waals surface area (Å²) in [5.41, 5.74) is 2.42. The molecule has 0 N–H and O–H groups in total. The van der Waals surface area contributed by atoms with Crippen molar-refractivity contribution in [1.82, 2.24) is 4.90 Å². The molecule has 0 radical (unpaired) electrons. The van der Waals surface area contributed by atoms with Gasteiger partial charge >= 0.3 is 5.97 Å². The van der Waals surface area contributed by atoms with E-state index in [2.05, 4.69) is 4.99 Å². The average Bonchev–Trinajstić information content (AvgIpc) is 2.95. The summed E-state index contributed by atoms with van der Waals surface area (Å²) in [7, 11) is 3.12. The van der Waals surface area contributed by atoms with E-state index >= 15 is 0 Å². The quantitative estimate of drug-likeness (QED) is 0.643. The molecule has 0 aliphatic carbocycles. The Labute approximate surface area is 138 Å². The summed E-state index contributed by atoms with van der Waals surface area (Å²) in [4.78, 5) is 29.2. The minimum absolute atomic E-state index is 0.0132. The second kappa shape index (κ2) is 6.23. The summed E-state index contributed by atoms with van der Waals surface area (Å²) in [6.07, 6.45) is 1.53. The maximum Gasteiger partial charge on any atom is 0.338 e. The topological polar surface area (TPSA) is 59.0 Å². The van der Waals surface area contributed by atoms with Crippen LogP contribution in [0, 0.1) is 5.82 Å². The molecule has 0 fully saturated rings. The third-order valence-corrected chi connectivity index (χ3v) is 3.70. The smallest absolute Gasteiger partial charge is 0.338 e. The number of carbonyl (C=O) groups is 2. The predicted octanol–water partition coefficient (Wildman–Crippen LogP) is 2.95. The fraction of sp³-hybridized carbons (Fsp3) is 0.167. The highest BCUT2D eigenvalue weighted by molar-refractivity contribution is 5.97. The molecule has 1 aliphatic rings. The largest absolute Gasteiger partial charge is 0.457 e. The summed E-state index contributed by atoms with van der Waals surface area (Å²) in [6, 6.07) is 9.41. The van der Waals surface area contributed by atoms with Gasteiger partial charge in [-0.25, -0.2) is 9.18 Å². The zero-order chi connectivity index (χ0) is 17.3. The molecule has 5 nitrogen and oxygen atoms in total. The molecule has 122 valence electrons. The van der Waals surface area contributed by atoms with Gasteiger partial charge in [0.15, 0.2) is 0 Å². The van der Waals surface area contributed by atoms with Crippen molar-refractivity contribution in [3.8, 4) is 0 Å². The molecule has 1 heterocycles. The molecule has 0 spiro atoms. The van der Waals surface area contributed by atoms with Gasteiger partial charge in [0.1, 0.15) is 12.4 Å². The first-order chi connectivity index (χ1) is 11.5. The number of ether oxygens (including phenoxy) is 1. The van der Waals surface area contributed by atoms with Gasteiger partial charge in [-0.2, -0.15) is 0 Å². The second-order valence-electron chi connectivity index (χ2n) is 5.58. The number of carbonyl (C=O) groups excluding carboxylic acids is 2. The molecule has 2 aromatic carbocycles. The number of aliphatic imine (C=N–C) groups is 1.